The molecule has 68 valence electrons. The Bertz CT molecular complexity index is 158. The minimum absolute atomic E-state index is 0.102. The normalized spacial score (nSPS) is 9.08. The van der Waals surface area contributed by atoms with Gasteiger partial charge < -0.3 is 4.90 Å². The topological polar surface area (TPSA) is 20.3 Å². The Morgan fingerprint density at radius 3 is 2.17 bits per heavy atom. The van der Waals surface area contributed by atoms with Gasteiger partial charge in [-0.25, -0.2) is 0 Å². The van der Waals surface area contributed by atoms with Crippen LogP contribution in [0.2, 0.25) is 0 Å². The van der Waals surface area contributed by atoms with Gasteiger partial charge in [0.2, 0.25) is 5.91 Å². The fourth-order valence-electron chi connectivity index (χ4n) is 0.844. The zero-order valence-electron chi connectivity index (χ0n) is 7.20. The van der Waals surface area contributed by atoms with Crippen LogP contribution < -0.4 is 0 Å². The highest BCUT2D eigenvalue weighted by Gasteiger charge is 2.07. The van der Waals surface area contributed by atoms with Crippen LogP contribution >= 0.6 is 12.6 Å². The van der Waals surface area contributed by atoms with E-state index in [4.69, 9.17) is 0 Å². The van der Waals surface area contributed by atoms with Crippen LogP contribution in [0.5, 0.6) is 0 Å². The Morgan fingerprint density at radius 2 is 1.83 bits per heavy atom. The summed E-state index contributed by atoms with van der Waals surface area (Å²) in [6, 6.07) is 0. The van der Waals surface area contributed by atoms with Crippen LogP contribution in [0.25, 0.3) is 0 Å². The van der Waals surface area contributed by atoms with Crippen molar-refractivity contribution in [2.45, 2.75) is 6.42 Å². The highest BCUT2D eigenvalue weighted by atomic mass is 32.1. The van der Waals surface area contributed by atoms with Crippen LogP contribution in [0, 0.1) is 0 Å². The molecule has 2 nitrogen and oxygen atoms in total. The summed E-state index contributed by atoms with van der Waals surface area (Å²) in [6.07, 6.45) is 3.89. The molecule has 0 saturated carbocycles. The van der Waals surface area contributed by atoms with E-state index in [1.807, 2.05) is 0 Å². The largest absolute Gasteiger partial charge is 0.335 e. The first-order chi connectivity index (χ1) is 5.76. The van der Waals surface area contributed by atoms with Gasteiger partial charge in [-0.15, -0.1) is 13.2 Å². The Morgan fingerprint density at radius 1 is 1.33 bits per heavy atom. The third-order valence-electron chi connectivity index (χ3n) is 1.38. The second-order valence-electron chi connectivity index (χ2n) is 2.35. The Balaban J connectivity index is 3.97. The Hall–Kier alpha value is -0.700. The molecule has 3 heteroatoms. The van der Waals surface area contributed by atoms with Crippen LogP contribution in [0.4, 0.5) is 0 Å². The maximum Gasteiger partial charge on any atom is 0.223 e. The summed E-state index contributed by atoms with van der Waals surface area (Å²) in [6.45, 7) is 8.32. The van der Waals surface area contributed by atoms with Gasteiger partial charge >= 0.3 is 0 Å². The molecule has 0 aromatic rings. The van der Waals surface area contributed by atoms with Gasteiger partial charge in [-0.3, -0.25) is 4.79 Å². The third kappa shape index (κ3) is 4.23. The summed E-state index contributed by atoms with van der Waals surface area (Å²) in [4.78, 5) is 13.0. The van der Waals surface area contributed by atoms with Gasteiger partial charge in [-0.1, -0.05) is 12.2 Å². The van der Waals surface area contributed by atoms with Gasteiger partial charge in [-0.2, -0.15) is 12.6 Å². The van der Waals surface area contributed by atoms with Crippen LogP contribution in [0.1, 0.15) is 6.42 Å². The Kier molecular flexibility index (Phi) is 6.57. The van der Waals surface area contributed by atoms with Crippen LogP contribution in [-0.2, 0) is 4.79 Å². The predicted molar refractivity (Wildman–Crippen MR) is 55.4 cm³/mol. The second kappa shape index (κ2) is 6.98. The molecule has 0 aliphatic heterocycles. The molecule has 0 aliphatic rings. The number of hydrogen-bond donors (Lipinski definition) is 1. The first-order valence-electron chi connectivity index (χ1n) is 3.86. The van der Waals surface area contributed by atoms with E-state index < -0.39 is 0 Å². The molecule has 0 aromatic carbocycles. The van der Waals surface area contributed by atoms with Crippen LogP contribution in [-0.4, -0.2) is 29.6 Å². The van der Waals surface area contributed by atoms with E-state index in [1.165, 1.54) is 0 Å². The first kappa shape index (κ1) is 11.3. The molecule has 0 unspecified atom stereocenters. The zero-order valence-corrected chi connectivity index (χ0v) is 8.09. The van der Waals surface area contributed by atoms with Crippen molar-refractivity contribution in [3.05, 3.63) is 25.3 Å². The fraction of sp³-hybridized carbons (Fsp3) is 0.444. The van der Waals surface area contributed by atoms with Crippen molar-refractivity contribution < 1.29 is 4.79 Å². The number of nitrogens with zero attached hydrogens (tertiary/aromatic N) is 1. The predicted octanol–water partition coefficient (Wildman–Crippen LogP) is 1.51. The maximum absolute atomic E-state index is 11.3. The number of hydrogen-bond acceptors (Lipinski definition) is 2. The summed E-state index contributed by atoms with van der Waals surface area (Å²) in [5.74, 6) is 0.689. The standard InChI is InChI=1S/C9H15NOS/c1-3-6-10(7-4-2)9(11)5-8-12/h3-4,12H,1-2,5-8H2. The molecule has 12 heavy (non-hydrogen) atoms. The summed E-state index contributed by atoms with van der Waals surface area (Å²) >= 11 is 3.99. The average Bonchev–Trinajstić information content (AvgIpc) is 2.04. The van der Waals surface area contributed by atoms with Crippen molar-refractivity contribution in [1.29, 1.82) is 0 Å². The molecule has 0 aromatic heterocycles. The van der Waals surface area contributed by atoms with E-state index in [0.717, 1.165) is 0 Å². The van der Waals surface area contributed by atoms with Gasteiger partial charge in [-0.05, 0) is 5.75 Å². The van der Waals surface area contributed by atoms with Crippen LogP contribution in [0.15, 0.2) is 25.3 Å². The molecule has 1 amide bonds. The molecule has 0 N–H and O–H groups in total. The molecule has 0 radical (unpaired) electrons. The lowest BCUT2D eigenvalue weighted by atomic mass is 10.3. The molecule has 0 spiro atoms. The van der Waals surface area contributed by atoms with Crippen molar-refractivity contribution in [2.75, 3.05) is 18.8 Å². The zero-order chi connectivity index (χ0) is 9.40. The summed E-state index contributed by atoms with van der Waals surface area (Å²) < 4.78 is 0. The van der Waals surface area contributed by atoms with E-state index in [9.17, 15) is 4.79 Å². The maximum atomic E-state index is 11.3. The molecule has 0 rings (SSSR count). The molecular weight excluding hydrogens is 170 g/mol. The molecule has 0 aliphatic carbocycles. The molecule has 0 bridgehead atoms. The monoisotopic (exact) mass is 185 g/mol. The van der Waals surface area contributed by atoms with Gasteiger partial charge in [0.15, 0.2) is 0 Å². The average molecular weight is 185 g/mol. The SMILES string of the molecule is C=CCN(CC=C)C(=O)CCS. The minimum atomic E-state index is 0.102. The van der Waals surface area contributed by atoms with Gasteiger partial charge in [0.05, 0.1) is 0 Å². The lowest BCUT2D eigenvalue weighted by Crippen LogP contribution is -2.31. The van der Waals surface area contributed by atoms with E-state index in [0.29, 0.717) is 25.3 Å². The fourth-order valence-corrected chi connectivity index (χ4v) is 1.03. The molecule has 0 heterocycles. The van der Waals surface area contributed by atoms with Gasteiger partial charge in [0, 0.05) is 19.5 Å². The quantitative estimate of drug-likeness (QED) is 0.491. The molecule has 0 atom stereocenters. The van der Waals surface area contributed by atoms with Gasteiger partial charge in [0.25, 0.3) is 0 Å². The number of carbonyl (C=O) groups excluding carboxylic acids is 1. The summed E-state index contributed by atoms with van der Waals surface area (Å²) in [7, 11) is 0. The number of amides is 1. The van der Waals surface area contributed by atoms with Crippen molar-refractivity contribution in [1.82, 2.24) is 4.90 Å². The number of carbonyl (C=O) groups is 1. The van der Waals surface area contributed by atoms with E-state index in [2.05, 4.69) is 25.8 Å². The van der Waals surface area contributed by atoms with E-state index >= 15 is 0 Å². The van der Waals surface area contributed by atoms with Crippen molar-refractivity contribution in [3.8, 4) is 0 Å². The van der Waals surface area contributed by atoms with Crippen LogP contribution in [0.3, 0.4) is 0 Å². The van der Waals surface area contributed by atoms with Crippen molar-refractivity contribution in [2.24, 2.45) is 0 Å². The lowest BCUT2D eigenvalue weighted by Gasteiger charge is -2.18. The molecular formula is C9H15NOS. The highest BCUT2D eigenvalue weighted by Crippen LogP contribution is 1.96. The third-order valence-corrected chi connectivity index (χ3v) is 1.60. The molecule has 0 fully saturated rings. The van der Waals surface area contributed by atoms with E-state index in [-0.39, 0.29) is 5.91 Å². The van der Waals surface area contributed by atoms with Gasteiger partial charge in [0.1, 0.15) is 0 Å². The number of rotatable bonds is 6. The van der Waals surface area contributed by atoms with E-state index in [1.54, 1.807) is 17.1 Å². The smallest absolute Gasteiger partial charge is 0.223 e. The Labute approximate surface area is 79.4 Å². The first-order valence-corrected chi connectivity index (χ1v) is 4.50. The lowest BCUT2D eigenvalue weighted by molar-refractivity contribution is -0.129. The number of thiol groups is 1. The minimum Gasteiger partial charge on any atom is -0.335 e. The second-order valence-corrected chi connectivity index (χ2v) is 2.80. The van der Waals surface area contributed by atoms with Crippen molar-refractivity contribution in [3.63, 3.8) is 0 Å². The van der Waals surface area contributed by atoms with Crippen molar-refractivity contribution >= 4 is 18.5 Å². The summed E-state index contributed by atoms with van der Waals surface area (Å²) in [5, 5.41) is 0. The highest BCUT2D eigenvalue weighted by molar-refractivity contribution is 7.80. The molecule has 0 saturated heterocycles. The summed E-state index contributed by atoms with van der Waals surface area (Å²) in [5.41, 5.74) is 0.